The molecule has 3 rings (SSSR count). The molecule has 0 N–H and O–H groups in total. The normalized spacial score (nSPS) is 20.3. The summed E-state index contributed by atoms with van der Waals surface area (Å²) in [5.41, 5.74) is 0. The summed E-state index contributed by atoms with van der Waals surface area (Å²) in [4.78, 5) is 0.656. The van der Waals surface area contributed by atoms with Crippen LogP contribution in [-0.4, -0.2) is 27.6 Å². The van der Waals surface area contributed by atoms with Crippen molar-refractivity contribution in [3.05, 3.63) is 41.1 Å². The first-order chi connectivity index (χ1) is 10.2. The lowest BCUT2D eigenvalue weighted by molar-refractivity contribution is 0.0722. The molecule has 5 nitrogen and oxygen atoms in total. The Morgan fingerprint density at radius 3 is 3.05 bits per heavy atom. The molecule has 0 radical (unpaired) electrons. The van der Waals surface area contributed by atoms with E-state index in [0.717, 1.165) is 19.4 Å². The minimum absolute atomic E-state index is 0.152. The molecule has 1 aromatic heterocycles. The molecule has 21 heavy (non-hydrogen) atoms. The number of hydrogen-bond acceptors (Lipinski definition) is 5. The minimum atomic E-state index is -1.25. The number of nitrogens with zero attached hydrogens (tertiary/aromatic N) is 2. The van der Waals surface area contributed by atoms with Gasteiger partial charge in [-0.05, 0) is 31.0 Å². The Morgan fingerprint density at radius 2 is 2.29 bits per heavy atom. The van der Waals surface area contributed by atoms with Gasteiger partial charge in [0.05, 0.1) is 23.3 Å². The highest BCUT2D eigenvalue weighted by molar-refractivity contribution is 7.84. The number of ether oxygens (including phenoxy) is 1. The van der Waals surface area contributed by atoms with Crippen molar-refractivity contribution >= 4 is 22.4 Å². The van der Waals surface area contributed by atoms with Crippen molar-refractivity contribution in [3.8, 4) is 0 Å². The molecule has 2 atom stereocenters. The molecule has 0 amide bonds. The SMILES string of the molecule is O=S(Cc1nnc(C2CCCOC2)o1)c1cccc(Cl)c1. The second-order valence-electron chi connectivity index (χ2n) is 4.90. The van der Waals surface area contributed by atoms with Gasteiger partial charge in [0.1, 0.15) is 5.75 Å². The number of benzene rings is 1. The second-order valence-corrected chi connectivity index (χ2v) is 6.78. The number of hydrogen-bond donors (Lipinski definition) is 0. The zero-order valence-corrected chi connectivity index (χ0v) is 12.9. The first-order valence-corrected chi connectivity index (χ1v) is 8.46. The Bertz CT molecular complexity index is 641. The standard InChI is InChI=1S/C14H15ClN2O3S/c15-11-4-1-5-12(7-11)21(18)9-13-16-17-14(20-13)10-3-2-6-19-8-10/h1,4-5,7,10H,2-3,6,8-9H2. The molecule has 1 fully saturated rings. The Morgan fingerprint density at radius 1 is 1.38 bits per heavy atom. The largest absolute Gasteiger partial charge is 0.424 e. The van der Waals surface area contributed by atoms with Crippen LogP contribution in [0.2, 0.25) is 5.02 Å². The number of aromatic nitrogens is 2. The first-order valence-electron chi connectivity index (χ1n) is 6.76. The summed E-state index contributed by atoms with van der Waals surface area (Å²) in [5, 5.41) is 8.59. The molecule has 1 aliphatic rings. The van der Waals surface area contributed by atoms with E-state index in [2.05, 4.69) is 10.2 Å². The predicted octanol–water partition coefficient (Wildman–Crippen LogP) is 2.92. The lowest BCUT2D eigenvalue weighted by Gasteiger charge is -2.18. The van der Waals surface area contributed by atoms with E-state index in [1.54, 1.807) is 24.3 Å². The fourth-order valence-corrected chi connectivity index (χ4v) is 3.48. The van der Waals surface area contributed by atoms with Gasteiger partial charge in [0.15, 0.2) is 0 Å². The summed E-state index contributed by atoms with van der Waals surface area (Å²) >= 11 is 5.90. The van der Waals surface area contributed by atoms with Crippen molar-refractivity contribution < 1.29 is 13.4 Å². The van der Waals surface area contributed by atoms with Crippen LogP contribution in [0.5, 0.6) is 0 Å². The summed E-state index contributed by atoms with van der Waals surface area (Å²) in [6.45, 7) is 1.40. The van der Waals surface area contributed by atoms with E-state index in [9.17, 15) is 4.21 Å². The maximum Gasteiger partial charge on any atom is 0.229 e. The van der Waals surface area contributed by atoms with Crippen LogP contribution in [0.3, 0.4) is 0 Å². The van der Waals surface area contributed by atoms with Gasteiger partial charge in [-0.1, -0.05) is 17.7 Å². The molecule has 1 aromatic carbocycles. The summed E-state index contributed by atoms with van der Waals surface area (Å²) in [6, 6.07) is 6.97. The zero-order valence-electron chi connectivity index (χ0n) is 11.3. The third kappa shape index (κ3) is 3.70. The summed E-state index contributed by atoms with van der Waals surface area (Å²) in [6.07, 6.45) is 1.98. The van der Waals surface area contributed by atoms with Crippen molar-refractivity contribution in [1.82, 2.24) is 10.2 Å². The van der Waals surface area contributed by atoms with Crippen LogP contribution in [0.15, 0.2) is 33.6 Å². The van der Waals surface area contributed by atoms with Crippen molar-refractivity contribution in [1.29, 1.82) is 0 Å². The first kappa shape index (κ1) is 14.7. The van der Waals surface area contributed by atoms with E-state index in [1.807, 2.05) is 0 Å². The van der Waals surface area contributed by atoms with Crippen molar-refractivity contribution in [2.24, 2.45) is 0 Å². The van der Waals surface area contributed by atoms with Crippen LogP contribution >= 0.6 is 11.6 Å². The highest BCUT2D eigenvalue weighted by atomic mass is 35.5. The molecule has 1 aliphatic heterocycles. The monoisotopic (exact) mass is 326 g/mol. The van der Waals surface area contributed by atoms with E-state index in [4.69, 9.17) is 20.8 Å². The topological polar surface area (TPSA) is 65.2 Å². The van der Waals surface area contributed by atoms with Gasteiger partial charge >= 0.3 is 0 Å². The molecule has 2 unspecified atom stereocenters. The van der Waals surface area contributed by atoms with Crippen LogP contribution in [0.1, 0.15) is 30.5 Å². The lowest BCUT2D eigenvalue weighted by Crippen LogP contribution is -2.15. The molecule has 112 valence electrons. The lowest BCUT2D eigenvalue weighted by atomic mass is 10.0. The van der Waals surface area contributed by atoms with Gasteiger partial charge in [-0.3, -0.25) is 4.21 Å². The van der Waals surface area contributed by atoms with Crippen LogP contribution in [0.4, 0.5) is 0 Å². The Labute approximate surface area is 130 Å². The summed E-state index contributed by atoms with van der Waals surface area (Å²) in [5.74, 6) is 1.31. The molecule has 0 spiro atoms. The molecular weight excluding hydrogens is 312 g/mol. The molecule has 1 saturated heterocycles. The van der Waals surface area contributed by atoms with E-state index in [1.165, 1.54) is 0 Å². The van der Waals surface area contributed by atoms with E-state index in [0.29, 0.717) is 28.3 Å². The third-order valence-corrected chi connectivity index (χ3v) is 4.83. The number of halogens is 1. The molecule has 0 aliphatic carbocycles. The fraction of sp³-hybridized carbons (Fsp3) is 0.429. The van der Waals surface area contributed by atoms with Gasteiger partial charge in [-0.15, -0.1) is 10.2 Å². The molecule has 7 heteroatoms. The summed E-state index contributed by atoms with van der Waals surface area (Å²) < 4.78 is 23.3. The molecule has 0 saturated carbocycles. The smallest absolute Gasteiger partial charge is 0.229 e. The average molecular weight is 327 g/mol. The van der Waals surface area contributed by atoms with Gasteiger partial charge in [0, 0.05) is 16.5 Å². The van der Waals surface area contributed by atoms with Crippen LogP contribution in [0, 0.1) is 0 Å². The van der Waals surface area contributed by atoms with Crippen molar-refractivity contribution in [2.45, 2.75) is 29.4 Å². The third-order valence-electron chi connectivity index (χ3n) is 3.31. The molecule has 2 heterocycles. The summed E-state index contributed by atoms with van der Waals surface area (Å²) in [7, 11) is -1.25. The second kappa shape index (κ2) is 6.68. The van der Waals surface area contributed by atoms with E-state index < -0.39 is 10.8 Å². The average Bonchev–Trinajstić information content (AvgIpc) is 2.97. The number of rotatable bonds is 4. The van der Waals surface area contributed by atoms with Gasteiger partial charge in [-0.25, -0.2) is 0 Å². The minimum Gasteiger partial charge on any atom is -0.424 e. The van der Waals surface area contributed by atoms with Gasteiger partial charge < -0.3 is 9.15 Å². The van der Waals surface area contributed by atoms with Crippen LogP contribution in [-0.2, 0) is 21.3 Å². The molecule has 2 aromatic rings. The molecule has 0 bridgehead atoms. The zero-order chi connectivity index (χ0) is 14.7. The maximum absolute atomic E-state index is 12.3. The fourth-order valence-electron chi connectivity index (χ4n) is 2.23. The van der Waals surface area contributed by atoms with Crippen LogP contribution < -0.4 is 0 Å². The quantitative estimate of drug-likeness (QED) is 0.864. The highest BCUT2D eigenvalue weighted by Gasteiger charge is 2.22. The Hall–Kier alpha value is -1.24. The Balaban J connectivity index is 1.68. The molecular formula is C14H15ClN2O3S. The highest BCUT2D eigenvalue weighted by Crippen LogP contribution is 2.25. The maximum atomic E-state index is 12.3. The van der Waals surface area contributed by atoms with E-state index in [-0.39, 0.29) is 11.7 Å². The van der Waals surface area contributed by atoms with E-state index >= 15 is 0 Å². The van der Waals surface area contributed by atoms with Crippen molar-refractivity contribution in [3.63, 3.8) is 0 Å². The Kier molecular flexibility index (Phi) is 4.67. The van der Waals surface area contributed by atoms with Crippen LogP contribution in [0.25, 0.3) is 0 Å². The van der Waals surface area contributed by atoms with Crippen molar-refractivity contribution in [2.75, 3.05) is 13.2 Å². The van der Waals surface area contributed by atoms with Gasteiger partial charge in [-0.2, -0.15) is 0 Å². The van der Waals surface area contributed by atoms with Gasteiger partial charge in [0.25, 0.3) is 0 Å². The van der Waals surface area contributed by atoms with Gasteiger partial charge in [0.2, 0.25) is 11.8 Å². The predicted molar refractivity (Wildman–Crippen MR) is 78.7 cm³/mol.